The molecular formula is C38H46F2N8O5S. The van der Waals surface area contributed by atoms with Crippen molar-refractivity contribution in [1.29, 1.82) is 0 Å². The third-order valence-corrected chi connectivity index (χ3v) is 10.1. The minimum atomic E-state index is -1.08. The van der Waals surface area contributed by atoms with Crippen LogP contribution in [0.25, 0.3) is 10.9 Å². The number of carbonyl (C=O) groups is 5. The summed E-state index contributed by atoms with van der Waals surface area (Å²) in [5, 5.41) is 11.5. The number of carbonyl (C=O) groups excluding carboxylic acids is 5. The van der Waals surface area contributed by atoms with Crippen LogP contribution < -0.4 is 16.0 Å². The molecule has 0 radical (unpaired) electrons. The number of aromatic amines is 1. The second-order valence-corrected chi connectivity index (χ2v) is 15.0. The number of thiazole rings is 1. The van der Waals surface area contributed by atoms with Crippen LogP contribution in [0.4, 0.5) is 8.78 Å². The van der Waals surface area contributed by atoms with E-state index in [0.717, 1.165) is 28.6 Å². The van der Waals surface area contributed by atoms with Crippen molar-refractivity contribution in [3.8, 4) is 0 Å². The maximum atomic E-state index is 14.1. The van der Waals surface area contributed by atoms with Gasteiger partial charge >= 0.3 is 0 Å². The van der Waals surface area contributed by atoms with Gasteiger partial charge in [0.1, 0.15) is 22.8 Å². The highest BCUT2D eigenvalue weighted by molar-refractivity contribution is 7.09. The lowest BCUT2D eigenvalue weighted by molar-refractivity contribution is -0.138. The molecule has 0 aliphatic carbocycles. The highest BCUT2D eigenvalue weighted by Crippen LogP contribution is 2.26. The minimum Gasteiger partial charge on any atom is -0.361 e. The number of hydrogen-bond acceptors (Lipinski definition) is 8. The van der Waals surface area contributed by atoms with Crippen LogP contribution in [0.1, 0.15) is 59.9 Å². The van der Waals surface area contributed by atoms with E-state index < -0.39 is 53.4 Å². The van der Waals surface area contributed by atoms with Crippen LogP contribution in [-0.2, 0) is 32.1 Å². The molecule has 1 aliphatic heterocycles. The van der Waals surface area contributed by atoms with E-state index in [0.29, 0.717) is 17.0 Å². The number of aromatic nitrogens is 2. The van der Waals surface area contributed by atoms with E-state index >= 15 is 0 Å². The summed E-state index contributed by atoms with van der Waals surface area (Å²) in [5.74, 6) is -4.38. The van der Waals surface area contributed by atoms with E-state index in [2.05, 4.69) is 25.9 Å². The van der Waals surface area contributed by atoms with E-state index in [1.165, 1.54) is 41.2 Å². The Balaban J connectivity index is 1.45. The van der Waals surface area contributed by atoms with Gasteiger partial charge in [-0.05, 0) is 48.6 Å². The fraction of sp³-hybridized carbons (Fsp3) is 0.421. The van der Waals surface area contributed by atoms with Crippen molar-refractivity contribution < 1.29 is 32.8 Å². The maximum absolute atomic E-state index is 14.1. The van der Waals surface area contributed by atoms with Gasteiger partial charge in [-0.3, -0.25) is 28.9 Å². The number of benzene rings is 2. The van der Waals surface area contributed by atoms with Crippen LogP contribution in [0, 0.1) is 17.6 Å². The lowest BCUT2D eigenvalue weighted by atomic mass is 10.0. The van der Waals surface area contributed by atoms with Crippen molar-refractivity contribution in [2.75, 3.05) is 40.3 Å². The van der Waals surface area contributed by atoms with E-state index in [9.17, 15) is 32.8 Å². The Labute approximate surface area is 316 Å². The molecule has 2 aromatic carbocycles. The van der Waals surface area contributed by atoms with Gasteiger partial charge in [0.15, 0.2) is 11.6 Å². The van der Waals surface area contributed by atoms with Gasteiger partial charge < -0.3 is 30.7 Å². The zero-order valence-electron chi connectivity index (χ0n) is 30.9. The summed E-state index contributed by atoms with van der Waals surface area (Å²) in [4.78, 5) is 79.8. The molecule has 16 heteroatoms. The number of halogens is 2. The van der Waals surface area contributed by atoms with Crippen molar-refractivity contribution in [2.45, 2.75) is 58.3 Å². The van der Waals surface area contributed by atoms with Crippen LogP contribution >= 0.6 is 11.3 Å². The van der Waals surface area contributed by atoms with Crippen molar-refractivity contribution in [1.82, 2.24) is 40.6 Å². The predicted molar refractivity (Wildman–Crippen MR) is 200 cm³/mol. The van der Waals surface area contributed by atoms with Crippen LogP contribution in [0.2, 0.25) is 0 Å². The quantitative estimate of drug-likeness (QED) is 0.234. The SMILES string of the molecule is CC(C)C[C@@H]1NC(=O)CN(Cc2ccc(F)c(F)c2)CCN(C)C(=O)[C@H](C)NC(=O)CN(C)C(=O)[C@@H](Cc2c[nH]c3ccccc23)NC(=O)c2csc1n2. The summed E-state index contributed by atoms with van der Waals surface area (Å²) in [7, 11) is 3.01. The fourth-order valence-corrected chi connectivity index (χ4v) is 7.25. The highest BCUT2D eigenvalue weighted by Gasteiger charge is 2.30. The third-order valence-electron chi connectivity index (χ3n) is 9.19. The molecule has 3 atom stereocenters. The summed E-state index contributed by atoms with van der Waals surface area (Å²) < 4.78 is 27.8. The average molecular weight is 765 g/mol. The van der Waals surface area contributed by atoms with Gasteiger partial charge in [0.25, 0.3) is 5.91 Å². The fourth-order valence-electron chi connectivity index (χ4n) is 6.39. The molecule has 0 saturated carbocycles. The molecule has 3 heterocycles. The van der Waals surface area contributed by atoms with Crippen LogP contribution in [0.5, 0.6) is 0 Å². The zero-order valence-corrected chi connectivity index (χ0v) is 31.8. The van der Waals surface area contributed by atoms with Crippen molar-refractivity contribution in [3.05, 3.63) is 87.5 Å². The number of fused-ring (bicyclic) bond motifs is 3. The Morgan fingerprint density at radius 2 is 1.61 bits per heavy atom. The molecule has 54 heavy (non-hydrogen) atoms. The van der Waals surface area contributed by atoms with E-state index in [-0.39, 0.29) is 56.7 Å². The standard InChI is InChI=1S/C38H46F2N8O5S/c1-22(2)14-30-36-45-32(21-54-36)35(51)44-31(16-25-17-41-29-9-7-6-8-26(25)29)38(53)47(5)19-33(49)42-23(3)37(52)46(4)12-13-48(20-34(50)43-30)18-24-10-11-27(39)28(40)15-24/h6-11,15,17,21-23,30-31,41H,12-14,16,18-20H2,1-5H3,(H,42,49)(H,43,50)(H,44,51)/t23-,30-,31+/m0/s1. The topological polar surface area (TPSA) is 160 Å². The lowest BCUT2D eigenvalue weighted by Gasteiger charge is -2.28. The minimum absolute atomic E-state index is 0.0661. The van der Waals surface area contributed by atoms with E-state index in [4.69, 9.17) is 0 Å². The van der Waals surface area contributed by atoms with E-state index in [1.54, 1.807) is 23.5 Å². The molecule has 5 amide bonds. The van der Waals surface area contributed by atoms with Gasteiger partial charge in [0.05, 0.1) is 19.1 Å². The molecule has 1 aliphatic rings. The van der Waals surface area contributed by atoms with Crippen molar-refractivity contribution >= 4 is 51.8 Å². The molecule has 4 aromatic rings. The Hall–Kier alpha value is -5.22. The van der Waals surface area contributed by atoms with Gasteiger partial charge in [0.2, 0.25) is 23.6 Å². The molecule has 13 nitrogen and oxygen atoms in total. The number of rotatable bonds is 6. The first-order chi connectivity index (χ1) is 25.7. The molecular weight excluding hydrogens is 719 g/mol. The number of likely N-dealkylation sites (N-methyl/N-ethyl adjacent to an activating group) is 2. The van der Waals surface area contributed by atoms with Gasteiger partial charge in [-0.25, -0.2) is 13.8 Å². The second-order valence-electron chi connectivity index (χ2n) is 14.1. The molecule has 288 valence electrons. The molecule has 0 unspecified atom stereocenters. The first kappa shape index (κ1) is 40.0. The molecule has 0 saturated heterocycles. The van der Waals surface area contributed by atoms with Crippen molar-refractivity contribution in [3.63, 3.8) is 0 Å². The zero-order chi connectivity index (χ0) is 39.1. The summed E-state index contributed by atoms with van der Waals surface area (Å²) in [6.45, 7) is 5.38. The molecule has 4 N–H and O–H groups in total. The van der Waals surface area contributed by atoms with Gasteiger partial charge in [-0.1, -0.05) is 38.1 Å². The number of nitrogens with zero attached hydrogens (tertiary/aromatic N) is 4. The molecule has 5 rings (SSSR count). The van der Waals surface area contributed by atoms with Crippen LogP contribution in [0.3, 0.4) is 0 Å². The summed E-state index contributed by atoms with van der Waals surface area (Å²) in [5.41, 5.74) is 2.14. The number of amides is 5. The number of H-pyrrole nitrogens is 1. The molecule has 2 bridgehead atoms. The monoisotopic (exact) mass is 764 g/mol. The first-order valence-electron chi connectivity index (χ1n) is 17.7. The number of nitrogens with one attached hydrogen (secondary N) is 4. The molecule has 0 fully saturated rings. The van der Waals surface area contributed by atoms with Gasteiger partial charge in [0, 0.05) is 62.6 Å². The summed E-state index contributed by atoms with van der Waals surface area (Å²) in [6.07, 6.45) is 2.40. The molecule has 0 spiro atoms. The largest absolute Gasteiger partial charge is 0.361 e. The highest BCUT2D eigenvalue weighted by atomic mass is 32.1. The van der Waals surface area contributed by atoms with Gasteiger partial charge in [-0.15, -0.1) is 11.3 Å². The second kappa shape index (κ2) is 17.7. The number of hydrogen-bond donors (Lipinski definition) is 4. The van der Waals surface area contributed by atoms with Crippen molar-refractivity contribution in [2.24, 2.45) is 5.92 Å². The van der Waals surface area contributed by atoms with Crippen LogP contribution in [0.15, 0.2) is 54.0 Å². The summed E-state index contributed by atoms with van der Waals surface area (Å²) >= 11 is 1.20. The smallest absolute Gasteiger partial charge is 0.271 e. The van der Waals surface area contributed by atoms with Gasteiger partial charge in [-0.2, -0.15) is 0 Å². The van der Waals surface area contributed by atoms with Crippen LogP contribution in [-0.4, -0.2) is 107 Å². The first-order valence-corrected chi connectivity index (χ1v) is 18.6. The number of para-hydroxylation sites is 1. The molecule has 2 aromatic heterocycles. The Morgan fingerprint density at radius 3 is 2.35 bits per heavy atom. The lowest BCUT2D eigenvalue weighted by Crippen LogP contribution is -2.53. The average Bonchev–Trinajstić information content (AvgIpc) is 3.78. The third kappa shape index (κ3) is 10.3. The normalized spacial score (nSPS) is 20.5. The Kier molecular flexibility index (Phi) is 13.1. The Bertz CT molecular complexity index is 2000. The summed E-state index contributed by atoms with van der Waals surface area (Å²) in [6, 6.07) is 8.49. The predicted octanol–water partition coefficient (Wildman–Crippen LogP) is 3.38. The maximum Gasteiger partial charge on any atom is 0.271 e. The Morgan fingerprint density at radius 1 is 0.870 bits per heavy atom. The van der Waals surface area contributed by atoms with E-state index in [1.807, 2.05) is 38.1 Å².